The van der Waals surface area contributed by atoms with Crippen LogP contribution in [0.25, 0.3) is 5.65 Å². The molecule has 2 aromatic heterocycles. The fraction of sp³-hybridized carbons (Fsp3) is 0.364. The number of fused-ring (bicyclic) bond motifs is 1. The van der Waals surface area contributed by atoms with Gasteiger partial charge in [0.1, 0.15) is 5.65 Å². The van der Waals surface area contributed by atoms with Gasteiger partial charge < -0.3 is 24.5 Å². The Kier molecular flexibility index (Phi) is 9.22. The van der Waals surface area contributed by atoms with Crippen LogP contribution in [0, 0.1) is 6.92 Å². The lowest BCUT2D eigenvalue weighted by molar-refractivity contribution is 0.311. The van der Waals surface area contributed by atoms with Crippen molar-refractivity contribution < 1.29 is 9.47 Å². The highest BCUT2D eigenvalue weighted by Gasteiger charge is 2.07. The van der Waals surface area contributed by atoms with Crippen molar-refractivity contribution in [2.24, 2.45) is 4.99 Å². The summed E-state index contributed by atoms with van der Waals surface area (Å²) in [7, 11) is 1.64. The third-order valence-corrected chi connectivity index (χ3v) is 4.44. The van der Waals surface area contributed by atoms with E-state index in [0.717, 1.165) is 41.7 Å². The van der Waals surface area contributed by atoms with Crippen LogP contribution in [0.4, 0.5) is 5.69 Å². The van der Waals surface area contributed by atoms with E-state index in [0.29, 0.717) is 18.9 Å². The Morgan fingerprint density at radius 2 is 2.03 bits per heavy atom. The van der Waals surface area contributed by atoms with E-state index in [1.165, 1.54) is 5.56 Å². The SMILES string of the molecule is CCNC(=NCCc1cn2cccc(C)c2n1)Nc1ccc(OCC)c(OC)c1.I. The van der Waals surface area contributed by atoms with Crippen molar-refractivity contribution >= 4 is 41.3 Å². The van der Waals surface area contributed by atoms with E-state index < -0.39 is 0 Å². The van der Waals surface area contributed by atoms with Crippen LogP contribution in [0.3, 0.4) is 0 Å². The van der Waals surface area contributed by atoms with Crippen molar-refractivity contribution in [2.75, 3.05) is 32.1 Å². The van der Waals surface area contributed by atoms with Gasteiger partial charge in [-0.1, -0.05) is 6.07 Å². The largest absolute Gasteiger partial charge is 0.493 e. The Morgan fingerprint density at radius 1 is 1.20 bits per heavy atom. The molecule has 8 heteroatoms. The molecule has 7 nitrogen and oxygen atoms in total. The van der Waals surface area contributed by atoms with E-state index in [9.17, 15) is 0 Å². The van der Waals surface area contributed by atoms with Gasteiger partial charge in [-0.3, -0.25) is 4.99 Å². The number of benzene rings is 1. The van der Waals surface area contributed by atoms with Crippen molar-refractivity contribution in [1.29, 1.82) is 0 Å². The minimum absolute atomic E-state index is 0. The molecular formula is C22H30IN5O2. The van der Waals surface area contributed by atoms with Crippen LogP contribution in [0.1, 0.15) is 25.1 Å². The summed E-state index contributed by atoms with van der Waals surface area (Å²) in [6.45, 7) is 8.06. The average molecular weight is 523 g/mol. The zero-order valence-corrected chi connectivity index (χ0v) is 20.3. The molecule has 0 aliphatic rings. The van der Waals surface area contributed by atoms with Crippen LogP contribution in [-0.2, 0) is 6.42 Å². The maximum atomic E-state index is 5.57. The summed E-state index contributed by atoms with van der Waals surface area (Å²) in [4.78, 5) is 9.40. The Balaban J connectivity index is 0.00000320. The molecule has 0 amide bonds. The Labute approximate surface area is 194 Å². The van der Waals surface area contributed by atoms with Crippen LogP contribution >= 0.6 is 24.0 Å². The van der Waals surface area contributed by atoms with E-state index in [2.05, 4.69) is 39.2 Å². The van der Waals surface area contributed by atoms with Crippen LogP contribution in [0.2, 0.25) is 0 Å². The van der Waals surface area contributed by atoms with Gasteiger partial charge in [0.15, 0.2) is 17.5 Å². The second-order valence-electron chi connectivity index (χ2n) is 6.59. The number of nitrogens with one attached hydrogen (secondary N) is 2. The van der Waals surface area contributed by atoms with E-state index in [-0.39, 0.29) is 24.0 Å². The predicted octanol–water partition coefficient (Wildman–Crippen LogP) is 4.29. The van der Waals surface area contributed by atoms with E-state index in [1.807, 2.05) is 44.3 Å². The Morgan fingerprint density at radius 3 is 2.73 bits per heavy atom. The number of pyridine rings is 1. The Hall–Kier alpha value is -2.49. The van der Waals surface area contributed by atoms with E-state index in [1.54, 1.807) is 7.11 Å². The molecule has 0 spiro atoms. The fourth-order valence-electron chi connectivity index (χ4n) is 3.07. The number of ether oxygens (including phenoxy) is 2. The van der Waals surface area contributed by atoms with Crippen LogP contribution in [0.5, 0.6) is 11.5 Å². The molecule has 0 aliphatic carbocycles. The molecule has 30 heavy (non-hydrogen) atoms. The standard InChI is InChI=1S/C22H29N5O2.HI/c1-5-23-22(26-17-9-10-19(29-6-2)20(14-17)28-4)24-12-11-18-15-27-13-7-8-16(3)21(27)25-18;/h7-10,13-15H,5-6,11-12H2,1-4H3,(H2,23,24,26);1H. The second-order valence-corrected chi connectivity index (χ2v) is 6.59. The van der Waals surface area contributed by atoms with Gasteiger partial charge in [0.25, 0.3) is 0 Å². The number of hydrogen-bond donors (Lipinski definition) is 2. The first-order chi connectivity index (χ1) is 14.1. The smallest absolute Gasteiger partial charge is 0.195 e. The second kappa shape index (κ2) is 11.6. The number of aliphatic imine (C=N–C) groups is 1. The zero-order chi connectivity index (χ0) is 20.6. The monoisotopic (exact) mass is 523 g/mol. The molecule has 0 atom stereocenters. The minimum Gasteiger partial charge on any atom is -0.493 e. The first-order valence-corrected chi connectivity index (χ1v) is 9.94. The summed E-state index contributed by atoms with van der Waals surface area (Å²) in [5, 5.41) is 6.60. The maximum Gasteiger partial charge on any atom is 0.195 e. The number of guanidine groups is 1. The molecule has 3 rings (SSSR count). The van der Waals surface area contributed by atoms with Crippen LogP contribution < -0.4 is 20.1 Å². The van der Waals surface area contributed by atoms with Crippen molar-refractivity contribution in [3.05, 3.63) is 54.0 Å². The fourth-order valence-corrected chi connectivity index (χ4v) is 3.07. The third-order valence-electron chi connectivity index (χ3n) is 4.44. The van der Waals surface area contributed by atoms with Crippen LogP contribution in [-0.4, -0.2) is 42.2 Å². The molecule has 0 saturated heterocycles. The number of methoxy groups -OCH3 is 1. The minimum atomic E-state index is 0. The Bertz CT molecular complexity index is 987. The maximum absolute atomic E-state index is 5.57. The average Bonchev–Trinajstić information content (AvgIpc) is 3.14. The third kappa shape index (κ3) is 6.01. The predicted molar refractivity (Wildman–Crippen MR) is 133 cm³/mol. The number of aryl methyl sites for hydroxylation is 1. The summed E-state index contributed by atoms with van der Waals surface area (Å²) in [5.74, 6) is 2.14. The van der Waals surface area contributed by atoms with Crippen molar-refractivity contribution in [1.82, 2.24) is 14.7 Å². The van der Waals surface area contributed by atoms with Gasteiger partial charge in [0.05, 0.1) is 19.4 Å². The first-order valence-electron chi connectivity index (χ1n) is 9.94. The summed E-state index contributed by atoms with van der Waals surface area (Å²) in [6, 6.07) is 9.86. The summed E-state index contributed by atoms with van der Waals surface area (Å²) >= 11 is 0. The first kappa shape index (κ1) is 23.8. The quantitative estimate of drug-likeness (QED) is 0.262. The molecule has 0 aliphatic heterocycles. The number of imidazole rings is 1. The van der Waals surface area contributed by atoms with Crippen LogP contribution in [0.15, 0.2) is 47.7 Å². The number of aromatic nitrogens is 2. The molecule has 2 N–H and O–H groups in total. The summed E-state index contributed by atoms with van der Waals surface area (Å²) in [6.07, 6.45) is 4.85. The topological polar surface area (TPSA) is 72.2 Å². The molecule has 162 valence electrons. The molecule has 0 fully saturated rings. The number of rotatable bonds is 8. The lowest BCUT2D eigenvalue weighted by Crippen LogP contribution is -2.30. The molecule has 0 unspecified atom stereocenters. The molecule has 0 bridgehead atoms. The molecule has 0 radical (unpaired) electrons. The summed E-state index contributed by atoms with van der Waals surface area (Å²) < 4.78 is 13.1. The highest BCUT2D eigenvalue weighted by molar-refractivity contribution is 14.0. The van der Waals surface area contributed by atoms with Crippen molar-refractivity contribution in [2.45, 2.75) is 27.2 Å². The van der Waals surface area contributed by atoms with Gasteiger partial charge in [0, 0.05) is 43.7 Å². The lowest BCUT2D eigenvalue weighted by Gasteiger charge is -2.14. The summed E-state index contributed by atoms with van der Waals surface area (Å²) in [5.41, 5.74) is 4.08. The van der Waals surface area contributed by atoms with Crippen molar-refractivity contribution in [3.63, 3.8) is 0 Å². The van der Waals surface area contributed by atoms with Crippen molar-refractivity contribution in [3.8, 4) is 11.5 Å². The van der Waals surface area contributed by atoms with E-state index in [4.69, 9.17) is 14.5 Å². The number of nitrogens with zero attached hydrogens (tertiary/aromatic N) is 3. The number of anilines is 1. The van der Waals surface area contributed by atoms with Gasteiger partial charge in [-0.25, -0.2) is 4.98 Å². The van der Waals surface area contributed by atoms with E-state index >= 15 is 0 Å². The molecular weight excluding hydrogens is 493 g/mol. The van der Waals surface area contributed by atoms with Gasteiger partial charge in [-0.2, -0.15) is 0 Å². The van der Waals surface area contributed by atoms with Gasteiger partial charge >= 0.3 is 0 Å². The lowest BCUT2D eigenvalue weighted by atomic mass is 10.2. The van der Waals surface area contributed by atoms with Gasteiger partial charge in [-0.05, 0) is 44.5 Å². The number of halogens is 1. The highest BCUT2D eigenvalue weighted by atomic mass is 127. The number of hydrogen-bond acceptors (Lipinski definition) is 4. The molecule has 0 saturated carbocycles. The highest BCUT2D eigenvalue weighted by Crippen LogP contribution is 2.30. The molecule has 3 aromatic rings. The van der Waals surface area contributed by atoms with Gasteiger partial charge in [-0.15, -0.1) is 24.0 Å². The zero-order valence-electron chi connectivity index (χ0n) is 17.9. The molecule has 2 heterocycles. The normalized spacial score (nSPS) is 11.1. The molecule has 1 aromatic carbocycles. The van der Waals surface area contributed by atoms with Gasteiger partial charge in [0.2, 0.25) is 0 Å².